The van der Waals surface area contributed by atoms with E-state index in [9.17, 15) is 23.3 Å². The van der Waals surface area contributed by atoms with Crippen molar-refractivity contribution in [1.29, 1.82) is 0 Å². The van der Waals surface area contributed by atoms with Gasteiger partial charge in [0.05, 0.1) is 24.7 Å². The molecule has 2 unspecified atom stereocenters. The van der Waals surface area contributed by atoms with Gasteiger partial charge >= 0.3 is 0 Å². The molecule has 2 aliphatic heterocycles. The molecule has 2 heterocycles. The number of sulfonamides is 1. The van der Waals surface area contributed by atoms with E-state index in [0.717, 1.165) is 0 Å². The summed E-state index contributed by atoms with van der Waals surface area (Å²) in [7, 11) is -3.70. The maximum Gasteiger partial charge on any atom is 0.252 e. The Morgan fingerprint density at radius 3 is 2.77 bits per heavy atom. The minimum absolute atomic E-state index is 0.0243. The van der Waals surface area contributed by atoms with Crippen LogP contribution in [-0.2, 0) is 19.6 Å². The van der Waals surface area contributed by atoms with Crippen molar-refractivity contribution in [3.63, 3.8) is 0 Å². The van der Waals surface area contributed by atoms with Crippen molar-refractivity contribution in [2.45, 2.75) is 17.0 Å². The SMILES string of the molecule is O=C(Nc1cccc(S(=O)(=O)N2CCOCC2)c1)C1NNCC1[N+](=O)[O-]. The zero-order valence-electron chi connectivity index (χ0n) is 13.8. The fraction of sp³-hybridized carbons (Fsp3) is 0.500. The second-order valence-electron chi connectivity index (χ2n) is 5.89. The van der Waals surface area contributed by atoms with Crippen LogP contribution >= 0.6 is 0 Å². The van der Waals surface area contributed by atoms with Gasteiger partial charge in [-0.25, -0.2) is 19.3 Å². The molecular formula is C14H19N5O6S. The molecule has 0 aromatic heterocycles. The van der Waals surface area contributed by atoms with Crippen molar-refractivity contribution >= 4 is 21.6 Å². The van der Waals surface area contributed by atoms with Crippen LogP contribution in [0.25, 0.3) is 0 Å². The predicted molar refractivity (Wildman–Crippen MR) is 90.4 cm³/mol. The minimum Gasteiger partial charge on any atom is -0.379 e. The van der Waals surface area contributed by atoms with E-state index in [-0.39, 0.29) is 30.2 Å². The van der Waals surface area contributed by atoms with Gasteiger partial charge < -0.3 is 10.1 Å². The molecule has 142 valence electrons. The topological polar surface area (TPSA) is 143 Å². The maximum absolute atomic E-state index is 12.7. The molecule has 11 nitrogen and oxygen atoms in total. The molecule has 12 heteroatoms. The molecule has 0 bridgehead atoms. The van der Waals surface area contributed by atoms with Gasteiger partial charge in [0, 0.05) is 23.7 Å². The average molecular weight is 385 g/mol. The van der Waals surface area contributed by atoms with Gasteiger partial charge in [-0.1, -0.05) is 6.07 Å². The molecule has 0 spiro atoms. The van der Waals surface area contributed by atoms with Crippen LogP contribution in [0, 0.1) is 10.1 Å². The molecular weight excluding hydrogens is 366 g/mol. The van der Waals surface area contributed by atoms with E-state index in [4.69, 9.17) is 4.74 Å². The van der Waals surface area contributed by atoms with Gasteiger partial charge in [0.25, 0.3) is 6.04 Å². The average Bonchev–Trinajstić information content (AvgIpc) is 3.13. The van der Waals surface area contributed by atoms with Crippen LogP contribution in [0.4, 0.5) is 5.69 Å². The highest BCUT2D eigenvalue weighted by molar-refractivity contribution is 7.89. The summed E-state index contributed by atoms with van der Waals surface area (Å²) in [4.78, 5) is 22.8. The Morgan fingerprint density at radius 1 is 1.35 bits per heavy atom. The van der Waals surface area contributed by atoms with E-state index in [0.29, 0.717) is 13.2 Å². The number of carbonyl (C=O) groups is 1. The van der Waals surface area contributed by atoms with Crippen LogP contribution in [0.3, 0.4) is 0 Å². The van der Waals surface area contributed by atoms with E-state index in [1.807, 2.05) is 0 Å². The Balaban J connectivity index is 1.75. The largest absolute Gasteiger partial charge is 0.379 e. The first-order valence-electron chi connectivity index (χ1n) is 8.00. The molecule has 3 N–H and O–H groups in total. The number of nitrogens with one attached hydrogen (secondary N) is 3. The number of hydrazine groups is 1. The summed E-state index contributed by atoms with van der Waals surface area (Å²) in [5, 5.41) is 13.5. The third kappa shape index (κ3) is 3.83. The van der Waals surface area contributed by atoms with Crippen molar-refractivity contribution in [3.8, 4) is 0 Å². The third-order valence-corrected chi connectivity index (χ3v) is 6.11. The van der Waals surface area contributed by atoms with Gasteiger partial charge in [0.1, 0.15) is 0 Å². The first kappa shape index (κ1) is 18.7. The van der Waals surface area contributed by atoms with Crippen molar-refractivity contribution in [1.82, 2.24) is 15.2 Å². The lowest BCUT2D eigenvalue weighted by molar-refractivity contribution is -0.517. The molecule has 1 aromatic carbocycles. The molecule has 2 aliphatic rings. The standard InChI is InChI=1S/C14H19N5O6S/c20-14(13-12(19(21)22)9-15-17-13)16-10-2-1-3-11(8-10)26(23,24)18-4-6-25-7-5-18/h1-3,8,12-13,15,17H,4-7,9H2,(H,16,20). The number of ether oxygens (including phenoxy) is 1. The summed E-state index contributed by atoms with van der Waals surface area (Å²) < 4.78 is 31.8. The number of nitrogens with zero attached hydrogens (tertiary/aromatic N) is 2. The predicted octanol–water partition coefficient (Wildman–Crippen LogP) is -1.23. The first-order chi connectivity index (χ1) is 12.4. The maximum atomic E-state index is 12.7. The number of hydrogen-bond donors (Lipinski definition) is 3. The summed E-state index contributed by atoms with van der Waals surface area (Å²) >= 11 is 0. The molecule has 26 heavy (non-hydrogen) atoms. The second-order valence-corrected chi connectivity index (χ2v) is 7.83. The van der Waals surface area contributed by atoms with E-state index in [2.05, 4.69) is 16.2 Å². The van der Waals surface area contributed by atoms with Crippen LogP contribution in [0.2, 0.25) is 0 Å². The van der Waals surface area contributed by atoms with E-state index in [1.54, 1.807) is 0 Å². The lowest BCUT2D eigenvalue weighted by Gasteiger charge is -2.26. The summed E-state index contributed by atoms with van der Waals surface area (Å²) in [6.45, 7) is 1.22. The van der Waals surface area contributed by atoms with Crippen molar-refractivity contribution in [2.24, 2.45) is 0 Å². The molecule has 2 fully saturated rings. The Kier molecular flexibility index (Phi) is 5.48. The van der Waals surface area contributed by atoms with Crippen LogP contribution < -0.4 is 16.2 Å². The van der Waals surface area contributed by atoms with E-state index in [1.165, 1.54) is 28.6 Å². The molecule has 2 atom stereocenters. The molecule has 0 radical (unpaired) electrons. The number of hydrogen-bond acceptors (Lipinski definition) is 8. The molecule has 0 aliphatic carbocycles. The number of carbonyl (C=O) groups excluding carboxylic acids is 1. The Hall–Kier alpha value is -2.12. The van der Waals surface area contributed by atoms with Gasteiger partial charge in [-0.15, -0.1) is 0 Å². The van der Waals surface area contributed by atoms with Gasteiger partial charge in [-0.05, 0) is 18.2 Å². The van der Waals surface area contributed by atoms with Crippen LogP contribution in [0.15, 0.2) is 29.2 Å². The lowest BCUT2D eigenvalue weighted by atomic mass is 10.1. The van der Waals surface area contributed by atoms with Crippen LogP contribution in [-0.4, -0.2) is 68.5 Å². The lowest BCUT2D eigenvalue weighted by Crippen LogP contribution is -2.46. The fourth-order valence-electron chi connectivity index (χ4n) is 2.81. The fourth-order valence-corrected chi connectivity index (χ4v) is 4.27. The first-order valence-corrected chi connectivity index (χ1v) is 9.44. The number of nitro groups is 1. The molecule has 1 aromatic rings. The number of amides is 1. The van der Waals surface area contributed by atoms with Crippen molar-refractivity contribution in [3.05, 3.63) is 34.4 Å². The highest BCUT2D eigenvalue weighted by atomic mass is 32.2. The highest BCUT2D eigenvalue weighted by Crippen LogP contribution is 2.21. The molecule has 0 saturated carbocycles. The summed E-state index contributed by atoms with van der Waals surface area (Å²) in [5.74, 6) is -0.613. The highest BCUT2D eigenvalue weighted by Gasteiger charge is 2.41. The third-order valence-electron chi connectivity index (χ3n) is 4.22. The zero-order valence-corrected chi connectivity index (χ0v) is 14.6. The summed E-state index contributed by atoms with van der Waals surface area (Å²) in [6, 6.07) is 3.66. The smallest absolute Gasteiger partial charge is 0.252 e. The number of benzene rings is 1. The van der Waals surface area contributed by atoms with Crippen LogP contribution in [0.5, 0.6) is 0 Å². The van der Waals surface area contributed by atoms with Crippen molar-refractivity contribution in [2.75, 3.05) is 38.2 Å². The van der Waals surface area contributed by atoms with Crippen molar-refractivity contribution < 1.29 is 22.9 Å². The van der Waals surface area contributed by atoms with Gasteiger partial charge in [0.15, 0.2) is 6.04 Å². The zero-order chi connectivity index (χ0) is 18.7. The molecule has 1 amide bonds. The van der Waals surface area contributed by atoms with Gasteiger partial charge in [-0.2, -0.15) is 4.31 Å². The van der Waals surface area contributed by atoms with Gasteiger partial charge in [0.2, 0.25) is 15.9 Å². The Morgan fingerprint density at radius 2 is 2.08 bits per heavy atom. The number of rotatable bonds is 5. The molecule has 2 saturated heterocycles. The van der Waals surface area contributed by atoms with Crippen LogP contribution in [0.1, 0.15) is 0 Å². The Labute approximate surface area is 149 Å². The van der Waals surface area contributed by atoms with E-state index >= 15 is 0 Å². The van der Waals surface area contributed by atoms with Gasteiger partial charge in [-0.3, -0.25) is 14.9 Å². The summed E-state index contributed by atoms with van der Waals surface area (Å²) in [5.41, 5.74) is 5.39. The summed E-state index contributed by atoms with van der Waals surface area (Å²) in [6.07, 6.45) is 0. The normalized spacial score (nSPS) is 24.3. The second kappa shape index (κ2) is 7.63. The molecule has 3 rings (SSSR count). The Bertz CT molecular complexity index is 795. The number of morpholine rings is 1. The number of anilines is 1. The minimum atomic E-state index is -3.70. The van der Waals surface area contributed by atoms with E-state index < -0.39 is 32.9 Å². The quantitative estimate of drug-likeness (QED) is 0.422. The monoisotopic (exact) mass is 385 g/mol.